The van der Waals surface area contributed by atoms with Crippen molar-refractivity contribution in [3.8, 4) is 0 Å². The third kappa shape index (κ3) is 2.23. The van der Waals surface area contributed by atoms with Crippen LogP contribution >= 0.6 is 0 Å². The Balaban J connectivity index is 2.63. The summed E-state index contributed by atoms with van der Waals surface area (Å²) in [5, 5.41) is 19.2. The molecule has 1 rings (SSSR count). The molecule has 13 heavy (non-hydrogen) atoms. The number of aliphatic hydroxyl groups excluding tert-OH is 2. The minimum Gasteiger partial charge on any atom is -0.396 e. The lowest BCUT2D eigenvalue weighted by molar-refractivity contribution is -0.0481. The average Bonchev–Trinajstić information content (AvgIpc) is 2.04. The number of rotatable bonds is 2. The van der Waals surface area contributed by atoms with Crippen LogP contribution in [-0.4, -0.2) is 22.9 Å². The Morgan fingerprint density at radius 1 is 1.31 bits per heavy atom. The maximum absolute atomic E-state index is 10.0. The van der Waals surface area contributed by atoms with E-state index in [1.165, 1.54) is 0 Å². The van der Waals surface area contributed by atoms with E-state index in [2.05, 4.69) is 20.8 Å². The van der Waals surface area contributed by atoms with Crippen LogP contribution in [0.5, 0.6) is 0 Å². The smallest absolute Gasteiger partial charge is 0.0623 e. The Morgan fingerprint density at radius 2 is 1.92 bits per heavy atom. The Kier molecular flexibility index (Phi) is 3.74. The van der Waals surface area contributed by atoms with E-state index in [0.717, 1.165) is 12.8 Å². The summed E-state index contributed by atoms with van der Waals surface area (Å²) in [6.45, 7) is 6.56. The highest BCUT2D eigenvalue weighted by Crippen LogP contribution is 2.37. The van der Waals surface area contributed by atoms with Crippen LogP contribution in [-0.2, 0) is 0 Å². The maximum atomic E-state index is 10.0. The Labute approximate surface area is 81.0 Å². The SMILES string of the molecule is CC(C)C1CCC(C)C(CO)C1O. The van der Waals surface area contributed by atoms with Crippen LogP contribution in [0.1, 0.15) is 33.6 Å². The van der Waals surface area contributed by atoms with Crippen molar-refractivity contribution in [3.05, 3.63) is 0 Å². The molecule has 0 bridgehead atoms. The summed E-state index contributed by atoms with van der Waals surface area (Å²) in [7, 11) is 0. The van der Waals surface area contributed by atoms with Gasteiger partial charge in [0.05, 0.1) is 6.10 Å². The first kappa shape index (κ1) is 11.0. The Morgan fingerprint density at radius 3 is 2.38 bits per heavy atom. The van der Waals surface area contributed by atoms with Gasteiger partial charge >= 0.3 is 0 Å². The Hall–Kier alpha value is -0.0800. The van der Waals surface area contributed by atoms with Gasteiger partial charge in [0.25, 0.3) is 0 Å². The first-order chi connectivity index (χ1) is 6.07. The highest BCUT2D eigenvalue weighted by atomic mass is 16.3. The summed E-state index contributed by atoms with van der Waals surface area (Å²) in [5.41, 5.74) is 0. The molecule has 1 saturated carbocycles. The second-order valence-corrected chi connectivity index (χ2v) is 4.80. The van der Waals surface area contributed by atoms with Gasteiger partial charge in [-0.25, -0.2) is 0 Å². The molecule has 1 fully saturated rings. The molecular formula is C11H22O2. The van der Waals surface area contributed by atoms with Crippen molar-refractivity contribution < 1.29 is 10.2 Å². The molecule has 0 heterocycles. The molecule has 0 aromatic heterocycles. The molecule has 0 saturated heterocycles. The van der Waals surface area contributed by atoms with Crippen molar-refractivity contribution in [2.75, 3.05) is 6.61 Å². The van der Waals surface area contributed by atoms with Crippen molar-refractivity contribution in [2.45, 2.75) is 39.7 Å². The zero-order valence-electron chi connectivity index (χ0n) is 8.90. The minimum atomic E-state index is -0.297. The fourth-order valence-corrected chi connectivity index (χ4v) is 2.51. The molecule has 4 unspecified atom stereocenters. The van der Waals surface area contributed by atoms with Crippen LogP contribution in [0.15, 0.2) is 0 Å². The zero-order chi connectivity index (χ0) is 10.0. The van der Waals surface area contributed by atoms with E-state index in [0.29, 0.717) is 17.8 Å². The summed E-state index contributed by atoms with van der Waals surface area (Å²) < 4.78 is 0. The fraction of sp³-hybridized carbons (Fsp3) is 1.00. The third-order valence-corrected chi connectivity index (χ3v) is 3.63. The van der Waals surface area contributed by atoms with Crippen molar-refractivity contribution in [1.29, 1.82) is 0 Å². The Bertz CT molecular complexity index is 154. The average molecular weight is 186 g/mol. The standard InChI is InChI=1S/C11H22O2/c1-7(2)9-5-4-8(3)10(6-12)11(9)13/h7-13H,4-6H2,1-3H3. The number of hydrogen-bond donors (Lipinski definition) is 2. The van der Waals surface area contributed by atoms with E-state index in [1.54, 1.807) is 0 Å². The predicted octanol–water partition coefficient (Wildman–Crippen LogP) is 1.66. The zero-order valence-corrected chi connectivity index (χ0v) is 8.90. The summed E-state index contributed by atoms with van der Waals surface area (Å²) in [6.07, 6.45) is 1.95. The summed E-state index contributed by atoms with van der Waals surface area (Å²) >= 11 is 0. The molecule has 2 N–H and O–H groups in total. The molecular weight excluding hydrogens is 164 g/mol. The minimum absolute atomic E-state index is 0.0983. The molecule has 0 aromatic rings. The first-order valence-electron chi connectivity index (χ1n) is 5.36. The van der Waals surface area contributed by atoms with E-state index < -0.39 is 0 Å². The van der Waals surface area contributed by atoms with Gasteiger partial charge < -0.3 is 10.2 Å². The summed E-state index contributed by atoms with van der Waals surface area (Å²) in [6, 6.07) is 0. The quantitative estimate of drug-likeness (QED) is 0.688. The largest absolute Gasteiger partial charge is 0.396 e. The lowest BCUT2D eigenvalue weighted by atomic mass is 9.69. The summed E-state index contributed by atoms with van der Waals surface area (Å²) in [4.78, 5) is 0. The topological polar surface area (TPSA) is 40.5 Å². The van der Waals surface area contributed by atoms with Gasteiger partial charge in [-0.3, -0.25) is 0 Å². The molecule has 0 aromatic carbocycles. The van der Waals surface area contributed by atoms with Crippen molar-refractivity contribution >= 4 is 0 Å². The predicted molar refractivity (Wildman–Crippen MR) is 53.3 cm³/mol. The highest BCUT2D eigenvalue weighted by molar-refractivity contribution is 4.86. The van der Waals surface area contributed by atoms with Crippen LogP contribution < -0.4 is 0 Å². The molecule has 0 amide bonds. The van der Waals surface area contributed by atoms with Gasteiger partial charge in [-0.2, -0.15) is 0 Å². The van der Waals surface area contributed by atoms with Gasteiger partial charge in [0.15, 0.2) is 0 Å². The highest BCUT2D eigenvalue weighted by Gasteiger charge is 2.36. The van der Waals surface area contributed by atoms with E-state index in [4.69, 9.17) is 0 Å². The molecule has 0 spiro atoms. The molecule has 1 aliphatic rings. The van der Waals surface area contributed by atoms with Crippen molar-refractivity contribution in [2.24, 2.45) is 23.7 Å². The van der Waals surface area contributed by atoms with Gasteiger partial charge in [0, 0.05) is 12.5 Å². The lowest BCUT2D eigenvalue weighted by Gasteiger charge is -2.40. The lowest BCUT2D eigenvalue weighted by Crippen LogP contribution is -2.42. The van der Waals surface area contributed by atoms with Crippen LogP contribution in [0.4, 0.5) is 0 Å². The molecule has 2 heteroatoms. The monoisotopic (exact) mass is 186 g/mol. The van der Waals surface area contributed by atoms with Gasteiger partial charge in [0.1, 0.15) is 0 Å². The number of aliphatic hydroxyl groups is 2. The van der Waals surface area contributed by atoms with Crippen molar-refractivity contribution in [1.82, 2.24) is 0 Å². The maximum Gasteiger partial charge on any atom is 0.0623 e. The third-order valence-electron chi connectivity index (χ3n) is 3.63. The van der Waals surface area contributed by atoms with Crippen molar-refractivity contribution in [3.63, 3.8) is 0 Å². The number of hydrogen-bond acceptors (Lipinski definition) is 2. The van der Waals surface area contributed by atoms with E-state index in [9.17, 15) is 10.2 Å². The van der Waals surface area contributed by atoms with Crippen LogP contribution in [0.2, 0.25) is 0 Å². The molecule has 0 aliphatic heterocycles. The molecule has 0 radical (unpaired) electrons. The van der Waals surface area contributed by atoms with E-state index in [-0.39, 0.29) is 18.6 Å². The van der Waals surface area contributed by atoms with E-state index in [1.807, 2.05) is 0 Å². The second kappa shape index (κ2) is 4.43. The van der Waals surface area contributed by atoms with Gasteiger partial charge in [-0.1, -0.05) is 20.8 Å². The van der Waals surface area contributed by atoms with E-state index >= 15 is 0 Å². The van der Waals surface area contributed by atoms with Crippen LogP contribution in [0.25, 0.3) is 0 Å². The molecule has 2 nitrogen and oxygen atoms in total. The molecule has 1 aliphatic carbocycles. The fourth-order valence-electron chi connectivity index (χ4n) is 2.51. The molecule has 4 atom stereocenters. The van der Waals surface area contributed by atoms with Gasteiger partial charge in [-0.05, 0) is 30.6 Å². The normalized spacial score (nSPS) is 41.1. The summed E-state index contributed by atoms with van der Waals surface area (Å²) in [5.74, 6) is 1.47. The van der Waals surface area contributed by atoms with Gasteiger partial charge in [-0.15, -0.1) is 0 Å². The van der Waals surface area contributed by atoms with Gasteiger partial charge in [0.2, 0.25) is 0 Å². The first-order valence-corrected chi connectivity index (χ1v) is 5.36. The second-order valence-electron chi connectivity index (χ2n) is 4.80. The molecule has 78 valence electrons. The van der Waals surface area contributed by atoms with Crippen LogP contribution in [0, 0.1) is 23.7 Å². The van der Waals surface area contributed by atoms with Crippen LogP contribution in [0.3, 0.4) is 0 Å².